The Balaban J connectivity index is 2.42. The van der Waals surface area contributed by atoms with Crippen LogP contribution in [0.1, 0.15) is 17.2 Å². The van der Waals surface area contributed by atoms with Crippen LogP contribution < -0.4 is 5.73 Å². The number of hydrogen-bond acceptors (Lipinski definition) is 3. The fourth-order valence-electron chi connectivity index (χ4n) is 1.41. The fourth-order valence-corrected chi connectivity index (χ4v) is 3.33. The molecule has 2 rings (SSSR count). The quantitative estimate of drug-likeness (QED) is 0.847. The molecule has 0 fully saturated rings. The molecule has 0 saturated carbocycles. The summed E-state index contributed by atoms with van der Waals surface area (Å²) in [4.78, 5) is 0. The van der Waals surface area contributed by atoms with Crippen molar-refractivity contribution < 1.29 is 5.11 Å². The Kier molecular flexibility index (Phi) is 3.69. The molecule has 1 atom stereocenters. The van der Waals surface area contributed by atoms with Gasteiger partial charge in [0.05, 0.1) is 15.0 Å². The van der Waals surface area contributed by atoms with Gasteiger partial charge in [0.2, 0.25) is 0 Å². The van der Waals surface area contributed by atoms with Crippen molar-refractivity contribution in [2.75, 3.05) is 0 Å². The van der Waals surface area contributed by atoms with Crippen molar-refractivity contribution in [1.82, 2.24) is 0 Å². The number of nitrogens with two attached hydrogens (primary N) is 1. The largest absolute Gasteiger partial charge is 0.506 e. The summed E-state index contributed by atoms with van der Waals surface area (Å²) in [6.07, 6.45) is 0. The number of phenolic OH excluding ortho intramolecular Hbond substituents is 1. The molecular formula is C11H9Br2NOS. The Bertz CT molecular complexity index is 476. The summed E-state index contributed by atoms with van der Waals surface area (Å²) in [5.74, 6) is 0.196. The van der Waals surface area contributed by atoms with E-state index in [0.29, 0.717) is 8.95 Å². The van der Waals surface area contributed by atoms with E-state index in [1.165, 1.54) is 0 Å². The zero-order valence-corrected chi connectivity index (χ0v) is 12.1. The summed E-state index contributed by atoms with van der Waals surface area (Å²) in [7, 11) is 0. The van der Waals surface area contributed by atoms with Gasteiger partial charge in [-0.2, -0.15) is 11.3 Å². The normalized spacial score (nSPS) is 12.7. The lowest BCUT2D eigenvalue weighted by Gasteiger charge is -2.12. The van der Waals surface area contributed by atoms with Gasteiger partial charge in [0.1, 0.15) is 5.75 Å². The molecule has 0 aliphatic rings. The molecule has 16 heavy (non-hydrogen) atoms. The number of aromatic hydroxyl groups is 1. The monoisotopic (exact) mass is 361 g/mol. The molecule has 0 aliphatic heterocycles. The second-order valence-electron chi connectivity index (χ2n) is 3.37. The lowest BCUT2D eigenvalue weighted by Crippen LogP contribution is -2.10. The van der Waals surface area contributed by atoms with E-state index >= 15 is 0 Å². The van der Waals surface area contributed by atoms with Crippen LogP contribution in [0.3, 0.4) is 0 Å². The van der Waals surface area contributed by atoms with Gasteiger partial charge < -0.3 is 10.8 Å². The van der Waals surface area contributed by atoms with Gasteiger partial charge in [-0.05, 0) is 71.9 Å². The molecule has 1 aromatic heterocycles. The smallest absolute Gasteiger partial charge is 0.143 e. The van der Waals surface area contributed by atoms with Crippen molar-refractivity contribution in [3.8, 4) is 5.75 Å². The zero-order valence-electron chi connectivity index (χ0n) is 8.15. The molecule has 3 N–H and O–H groups in total. The number of benzene rings is 1. The van der Waals surface area contributed by atoms with Gasteiger partial charge in [-0.1, -0.05) is 0 Å². The molecule has 0 saturated heterocycles. The van der Waals surface area contributed by atoms with Crippen LogP contribution in [0.25, 0.3) is 0 Å². The van der Waals surface area contributed by atoms with Crippen LogP contribution in [0.2, 0.25) is 0 Å². The van der Waals surface area contributed by atoms with E-state index in [4.69, 9.17) is 5.73 Å². The highest BCUT2D eigenvalue weighted by molar-refractivity contribution is 9.11. The highest BCUT2D eigenvalue weighted by atomic mass is 79.9. The summed E-state index contributed by atoms with van der Waals surface area (Å²) >= 11 is 8.21. The molecule has 0 aliphatic carbocycles. The van der Waals surface area contributed by atoms with Crippen LogP contribution in [-0.4, -0.2) is 5.11 Å². The Morgan fingerprint density at radius 3 is 2.31 bits per heavy atom. The van der Waals surface area contributed by atoms with Crippen molar-refractivity contribution >= 4 is 43.2 Å². The van der Waals surface area contributed by atoms with Crippen molar-refractivity contribution in [3.63, 3.8) is 0 Å². The van der Waals surface area contributed by atoms with Gasteiger partial charge in [-0.25, -0.2) is 0 Å². The van der Waals surface area contributed by atoms with Gasteiger partial charge in [-0.3, -0.25) is 0 Å². The van der Waals surface area contributed by atoms with Gasteiger partial charge in [-0.15, -0.1) is 0 Å². The molecule has 0 bridgehead atoms. The molecule has 0 amide bonds. The highest BCUT2D eigenvalue weighted by Crippen LogP contribution is 2.36. The first-order valence-electron chi connectivity index (χ1n) is 4.55. The average molecular weight is 363 g/mol. The van der Waals surface area contributed by atoms with Crippen LogP contribution >= 0.6 is 43.2 Å². The van der Waals surface area contributed by atoms with E-state index in [0.717, 1.165) is 11.1 Å². The predicted molar refractivity (Wildman–Crippen MR) is 73.9 cm³/mol. The average Bonchev–Trinajstić information content (AvgIpc) is 2.77. The van der Waals surface area contributed by atoms with Crippen LogP contribution in [0.5, 0.6) is 5.75 Å². The summed E-state index contributed by atoms with van der Waals surface area (Å²) in [6, 6.07) is 5.51. The lowest BCUT2D eigenvalue weighted by molar-refractivity contribution is 0.468. The minimum atomic E-state index is -0.167. The third kappa shape index (κ3) is 2.32. The van der Waals surface area contributed by atoms with Gasteiger partial charge in [0.25, 0.3) is 0 Å². The summed E-state index contributed by atoms with van der Waals surface area (Å²) in [5, 5.41) is 13.6. The maximum atomic E-state index is 9.61. The molecule has 1 aromatic carbocycles. The first-order valence-corrected chi connectivity index (χ1v) is 7.08. The van der Waals surface area contributed by atoms with E-state index in [1.54, 1.807) is 11.3 Å². The van der Waals surface area contributed by atoms with Crippen molar-refractivity contribution in [3.05, 3.63) is 49.0 Å². The zero-order chi connectivity index (χ0) is 11.7. The van der Waals surface area contributed by atoms with Crippen molar-refractivity contribution in [1.29, 1.82) is 0 Å². The van der Waals surface area contributed by atoms with E-state index in [1.807, 2.05) is 29.0 Å². The van der Waals surface area contributed by atoms with Gasteiger partial charge in [0.15, 0.2) is 0 Å². The number of hydrogen-bond donors (Lipinski definition) is 2. The number of phenols is 1. The van der Waals surface area contributed by atoms with Crippen LogP contribution in [0.4, 0.5) is 0 Å². The predicted octanol–water partition coefficient (Wildman–Crippen LogP) is 4.03. The number of thiophene rings is 1. The van der Waals surface area contributed by atoms with E-state index in [-0.39, 0.29) is 11.8 Å². The molecule has 2 nitrogen and oxygen atoms in total. The first kappa shape index (κ1) is 12.1. The molecular weight excluding hydrogens is 354 g/mol. The fraction of sp³-hybridized carbons (Fsp3) is 0.0909. The minimum Gasteiger partial charge on any atom is -0.506 e. The number of rotatable bonds is 2. The maximum absolute atomic E-state index is 9.61. The van der Waals surface area contributed by atoms with E-state index in [9.17, 15) is 5.11 Å². The Labute approximate surface area is 114 Å². The first-order chi connectivity index (χ1) is 7.59. The van der Waals surface area contributed by atoms with Gasteiger partial charge in [0, 0.05) is 0 Å². The lowest BCUT2D eigenvalue weighted by atomic mass is 10.0. The van der Waals surface area contributed by atoms with Crippen LogP contribution in [-0.2, 0) is 0 Å². The summed E-state index contributed by atoms with van der Waals surface area (Å²) < 4.78 is 1.28. The third-order valence-electron chi connectivity index (χ3n) is 2.30. The molecule has 5 heteroatoms. The third-order valence-corrected chi connectivity index (χ3v) is 4.21. The topological polar surface area (TPSA) is 46.2 Å². The SMILES string of the molecule is N[C@@H](c1ccsc1)c1cc(Br)c(O)c(Br)c1. The van der Waals surface area contributed by atoms with Crippen molar-refractivity contribution in [2.24, 2.45) is 5.73 Å². The molecule has 0 spiro atoms. The molecule has 84 valence electrons. The summed E-state index contributed by atoms with van der Waals surface area (Å²) in [6.45, 7) is 0. The van der Waals surface area contributed by atoms with Gasteiger partial charge >= 0.3 is 0 Å². The number of halogens is 2. The molecule has 0 radical (unpaired) electrons. The Morgan fingerprint density at radius 2 is 1.81 bits per heavy atom. The van der Waals surface area contributed by atoms with E-state index < -0.39 is 0 Å². The van der Waals surface area contributed by atoms with Crippen molar-refractivity contribution in [2.45, 2.75) is 6.04 Å². The maximum Gasteiger partial charge on any atom is 0.143 e. The summed E-state index contributed by atoms with van der Waals surface area (Å²) in [5.41, 5.74) is 8.16. The minimum absolute atomic E-state index is 0.167. The van der Waals surface area contributed by atoms with Crippen LogP contribution in [0, 0.1) is 0 Å². The van der Waals surface area contributed by atoms with Crippen LogP contribution in [0.15, 0.2) is 37.9 Å². The highest BCUT2D eigenvalue weighted by Gasteiger charge is 2.13. The second kappa shape index (κ2) is 4.87. The van der Waals surface area contributed by atoms with E-state index in [2.05, 4.69) is 31.9 Å². The molecule has 1 heterocycles. The standard InChI is InChI=1S/C11H9Br2NOS/c12-8-3-7(4-9(13)11(8)15)10(14)6-1-2-16-5-6/h1-5,10,15H,14H2/t10-/m0/s1. The Morgan fingerprint density at radius 1 is 1.19 bits per heavy atom. The molecule has 0 unspecified atom stereocenters. The Hall–Kier alpha value is -0.360. The second-order valence-corrected chi connectivity index (χ2v) is 5.86. The molecule has 2 aromatic rings.